The van der Waals surface area contributed by atoms with Gasteiger partial charge >= 0.3 is 0 Å². The Labute approximate surface area is 144 Å². The average Bonchev–Trinajstić information content (AvgIpc) is 3.16. The molecule has 4 rings (SSSR count). The number of pyridine rings is 2. The van der Waals surface area contributed by atoms with Crippen LogP contribution in [0.15, 0.2) is 42.7 Å². The molecule has 124 valence electrons. The first-order valence-corrected chi connectivity index (χ1v) is 7.92. The normalized spacial score (nSPS) is 12.0. The summed E-state index contributed by atoms with van der Waals surface area (Å²) in [4.78, 5) is 10.7. The van der Waals surface area contributed by atoms with Crippen LogP contribution in [0.2, 0.25) is 0 Å². The summed E-state index contributed by atoms with van der Waals surface area (Å²) in [6, 6.07) is 9.70. The van der Waals surface area contributed by atoms with Gasteiger partial charge in [-0.15, -0.1) is 10.2 Å². The molecule has 0 N–H and O–H groups in total. The van der Waals surface area contributed by atoms with Crippen molar-refractivity contribution in [2.24, 2.45) is 0 Å². The van der Waals surface area contributed by atoms with Gasteiger partial charge in [0.25, 0.3) is 0 Å². The van der Waals surface area contributed by atoms with Gasteiger partial charge < -0.3 is 4.90 Å². The molecule has 0 bridgehead atoms. The fraction of sp³-hybridized carbons (Fsp3) is 0.167. The second-order valence-corrected chi connectivity index (χ2v) is 5.96. The number of aryl methyl sites for hydroxylation is 1. The Hall–Kier alpha value is -3.35. The maximum Gasteiger partial charge on any atom is 0.203 e. The standard InChI is InChI=1S/C18H17N7/c1-12-14(10-13-7-8-16(20-11-13)24(2)3)17-21-22-18(25(17)23-12)15-6-4-5-9-19-15/h4-11H,1-3H3. The molecule has 0 unspecified atom stereocenters. The summed E-state index contributed by atoms with van der Waals surface area (Å²) in [6.45, 7) is 1.96. The van der Waals surface area contributed by atoms with Crippen LogP contribution in [0, 0.1) is 6.92 Å². The second kappa shape index (κ2) is 5.94. The van der Waals surface area contributed by atoms with Crippen molar-refractivity contribution < 1.29 is 0 Å². The Morgan fingerprint density at radius 3 is 2.60 bits per heavy atom. The molecule has 0 saturated heterocycles. The number of anilines is 1. The minimum Gasteiger partial charge on any atom is -0.363 e. The first-order valence-electron chi connectivity index (χ1n) is 7.92. The van der Waals surface area contributed by atoms with E-state index in [1.807, 2.05) is 68.5 Å². The molecule has 0 aliphatic carbocycles. The Bertz CT molecular complexity index is 1070. The van der Waals surface area contributed by atoms with Crippen LogP contribution in [-0.4, -0.2) is 43.9 Å². The van der Waals surface area contributed by atoms with E-state index in [1.165, 1.54) is 0 Å². The van der Waals surface area contributed by atoms with E-state index < -0.39 is 0 Å². The zero-order chi connectivity index (χ0) is 17.4. The highest BCUT2D eigenvalue weighted by molar-refractivity contribution is 5.61. The quantitative estimate of drug-likeness (QED) is 0.566. The van der Waals surface area contributed by atoms with Gasteiger partial charge in [-0.2, -0.15) is 9.61 Å². The molecule has 25 heavy (non-hydrogen) atoms. The van der Waals surface area contributed by atoms with Crippen LogP contribution < -0.4 is 10.1 Å². The summed E-state index contributed by atoms with van der Waals surface area (Å²) in [6.07, 6.45) is 5.60. The molecule has 0 fully saturated rings. The zero-order valence-electron chi connectivity index (χ0n) is 14.2. The van der Waals surface area contributed by atoms with Crippen molar-refractivity contribution in [1.82, 2.24) is 29.8 Å². The van der Waals surface area contributed by atoms with Crippen LogP contribution in [0.5, 0.6) is 0 Å². The molecule has 4 aromatic heterocycles. The highest BCUT2D eigenvalue weighted by atomic mass is 15.4. The Kier molecular flexibility index (Phi) is 3.61. The third-order valence-corrected chi connectivity index (χ3v) is 3.96. The van der Waals surface area contributed by atoms with Gasteiger partial charge in [0.1, 0.15) is 11.5 Å². The number of hydrogen-bond donors (Lipinski definition) is 0. The van der Waals surface area contributed by atoms with E-state index in [4.69, 9.17) is 0 Å². The summed E-state index contributed by atoms with van der Waals surface area (Å²) in [5.74, 6) is 1.55. The number of aromatic nitrogens is 6. The van der Waals surface area contributed by atoms with Crippen LogP contribution >= 0.6 is 0 Å². The number of nitrogens with zero attached hydrogens (tertiary/aromatic N) is 7. The Morgan fingerprint density at radius 2 is 1.92 bits per heavy atom. The molecule has 0 aliphatic rings. The van der Waals surface area contributed by atoms with Crippen molar-refractivity contribution in [2.45, 2.75) is 6.92 Å². The minimum atomic E-state index is 0.638. The molecule has 7 nitrogen and oxygen atoms in total. The molecule has 0 aromatic carbocycles. The van der Waals surface area contributed by atoms with Crippen molar-refractivity contribution in [2.75, 3.05) is 19.0 Å². The molecule has 0 amide bonds. The Morgan fingerprint density at radius 1 is 1.04 bits per heavy atom. The lowest BCUT2D eigenvalue weighted by Crippen LogP contribution is -2.10. The fourth-order valence-corrected chi connectivity index (χ4v) is 2.65. The van der Waals surface area contributed by atoms with E-state index in [2.05, 4.69) is 25.3 Å². The predicted octanol–water partition coefficient (Wildman–Crippen LogP) is 1.50. The van der Waals surface area contributed by atoms with E-state index in [0.29, 0.717) is 5.82 Å². The molecule has 0 atom stereocenters. The van der Waals surface area contributed by atoms with Crippen molar-refractivity contribution in [3.05, 3.63) is 59.2 Å². The van der Waals surface area contributed by atoms with Gasteiger partial charge in [-0.25, -0.2) is 4.98 Å². The van der Waals surface area contributed by atoms with E-state index in [9.17, 15) is 0 Å². The van der Waals surface area contributed by atoms with Crippen molar-refractivity contribution in [3.63, 3.8) is 0 Å². The second-order valence-electron chi connectivity index (χ2n) is 5.96. The Balaban J connectivity index is 1.83. The van der Waals surface area contributed by atoms with Gasteiger partial charge in [0.2, 0.25) is 5.82 Å². The lowest BCUT2D eigenvalue weighted by atomic mass is 10.2. The molecule has 0 radical (unpaired) electrons. The van der Waals surface area contributed by atoms with Crippen molar-refractivity contribution in [3.8, 4) is 11.5 Å². The van der Waals surface area contributed by atoms with Gasteiger partial charge in [-0.3, -0.25) is 4.98 Å². The summed E-state index contributed by atoms with van der Waals surface area (Å²) in [5, 5.41) is 14.1. The van der Waals surface area contributed by atoms with Crippen LogP contribution in [0.25, 0.3) is 23.2 Å². The van der Waals surface area contributed by atoms with Gasteiger partial charge in [0, 0.05) is 31.7 Å². The lowest BCUT2D eigenvalue weighted by Gasteiger charge is -2.10. The highest BCUT2D eigenvalue weighted by Crippen LogP contribution is 2.14. The van der Waals surface area contributed by atoms with E-state index in [0.717, 1.165) is 33.6 Å². The summed E-state index contributed by atoms with van der Waals surface area (Å²) >= 11 is 0. The molecule has 4 heterocycles. The van der Waals surface area contributed by atoms with Crippen LogP contribution in [0.1, 0.15) is 11.3 Å². The molecular formula is C18H17N7. The summed E-state index contributed by atoms with van der Waals surface area (Å²) in [7, 11) is 3.94. The molecule has 0 aliphatic heterocycles. The first kappa shape index (κ1) is 15.2. The molecular weight excluding hydrogens is 314 g/mol. The molecule has 0 saturated carbocycles. The largest absolute Gasteiger partial charge is 0.363 e. The summed E-state index contributed by atoms with van der Waals surface area (Å²) < 4.78 is 1.74. The predicted molar refractivity (Wildman–Crippen MR) is 96.1 cm³/mol. The van der Waals surface area contributed by atoms with E-state index in [1.54, 1.807) is 10.7 Å². The number of rotatable bonds is 3. The van der Waals surface area contributed by atoms with E-state index in [-0.39, 0.29) is 0 Å². The van der Waals surface area contributed by atoms with Gasteiger partial charge in [-0.1, -0.05) is 6.07 Å². The third-order valence-electron chi connectivity index (χ3n) is 3.96. The maximum atomic E-state index is 4.58. The van der Waals surface area contributed by atoms with Gasteiger partial charge in [-0.05, 0) is 42.8 Å². The lowest BCUT2D eigenvalue weighted by molar-refractivity contribution is 0.930. The van der Waals surface area contributed by atoms with Crippen molar-refractivity contribution in [1.29, 1.82) is 0 Å². The number of hydrogen-bond acceptors (Lipinski definition) is 6. The number of fused-ring (bicyclic) bond motifs is 1. The third kappa shape index (κ3) is 2.69. The molecule has 0 spiro atoms. The van der Waals surface area contributed by atoms with Crippen molar-refractivity contribution >= 4 is 17.5 Å². The van der Waals surface area contributed by atoms with Gasteiger partial charge in [0.15, 0.2) is 5.65 Å². The van der Waals surface area contributed by atoms with Crippen LogP contribution in [-0.2, 0) is 0 Å². The SMILES string of the molecule is Cc1nn2c(-c3ccccn3)nnc2c1=Cc1ccc(N(C)C)nc1. The smallest absolute Gasteiger partial charge is 0.203 e. The molecule has 4 aromatic rings. The topological polar surface area (TPSA) is 72.1 Å². The van der Waals surface area contributed by atoms with Gasteiger partial charge in [0.05, 0.1) is 5.69 Å². The van der Waals surface area contributed by atoms with Crippen LogP contribution in [0.3, 0.4) is 0 Å². The molecule has 7 heteroatoms. The average molecular weight is 331 g/mol. The minimum absolute atomic E-state index is 0.638. The fourth-order valence-electron chi connectivity index (χ4n) is 2.65. The first-order chi connectivity index (χ1) is 12.1. The van der Waals surface area contributed by atoms with E-state index >= 15 is 0 Å². The monoisotopic (exact) mass is 331 g/mol. The zero-order valence-corrected chi connectivity index (χ0v) is 14.2. The van der Waals surface area contributed by atoms with Crippen LogP contribution in [0.4, 0.5) is 5.82 Å². The highest BCUT2D eigenvalue weighted by Gasteiger charge is 2.14. The summed E-state index contributed by atoms with van der Waals surface area (Å²) in [5.41, 5.74) is 3.34. The maximum absolute atomic E-state index is 4.58.